The minimum atomic E-state index is -3.92. The summed E-state index contributed by atoms with van der Waals surface area (Å²) >= 11 is 12.3. The molecule has 208 valence electrons. The molecule has 3 rings (SSSR count). The van der Waals surface area contributed by atoms with E-state index in [1.165, 1.54) is 23.1 Å². The molecule has 0 spiro atoms. The fourth-order valence-electron chi connectivity index (χ4n) is 4.20. The summed E-state index contributed by atoms with van der Waals surface area (Å²) in [5, 5.41) is 3.39. The Morgan fingerprint density at radius 3 is 2.08 bits per heavy atom. The zero-order valence-electron chi connectivity index (χ0n) is 22.4. The highest BCUT2D eigenvalue weighted by Gasteiger charge is 2.33. The smallest absolute Gasteiger partial charge is 0.244 e. The SMILES string of the molecule is Cc1ccccc1CN(C(=O)CN(c1cc(Cl)cc(Cl)c1)S(C)(=O)=O)[C@@H](Cc1ccccc1)C(=O)NC(C)C. The first-order chi connectivity index (χ1) is 18.3. The van der Waals surface area contributed by atoms with Crippen LogP contribution in [0.4, 0.5) is 5.69 Å². The Balaban J connectivity index is 2.08. The minimum Gasteiger partial charge on any atom is -0.352 e. The van der Waals surface area contributed by atoms with Crippen molar-refractivity contribution in [3.05, 3.63) is 99.5 Å². The Bertz CT molecular complexity index is 1390. The van der Waals surface area contributed by atoms with E-state index in [0.29, 0.717) is 0 Å². The number of halogens is 2. The molecule has 1 atom stereocenters. The molecule has 39 heavy (non-hydrogen) atoms. The van der Waals surface area contributed by atoms with Gasteiger partial charge in [-0.15, -0.1) is 0 Å². The summed E-state index contributed by atoms with van der Waals surface area (Å²) in [6.07, 6.45) is 1.26. The van der Waals surface area contributed by atoms with Crippen LogP contribution in [0.3, 0.4) is 0 Å². The van der Waals surface area contributed by atoms with Crippen LogP contribution in [0, 0.1) is 6.92 Å². The number of hydrogen-bond donors (Lipinski definition) is 1. The van der Waals surface area contributed by atoms with E-state index in [2.05, 4.69) is 5.32 Å². The molecular formula is C29H33Cl2N3O4S. The van der Waals surface area contributed by atoms with Gasteiger partial charge >= 0.3 is 0 Å². The van der Waals surface area contributed by atoms with Gasteiger partial charge in [-0.05, 0) is 55.7 Å². The van der Waals surface area contributed by atoms with Gasteiger partial charge in [0.05, 0.1) is 11.9 Å². The van der Waals surface area contributed by atoms with Gasteiger partial charge in [0.25, 0.3) is 0 Å². The number of sulfonamides is 1. The molecule has 10 heteroatoms. The Morgan fingerprint density at radius 1 is 0.923 bits per heavy atom. The maximum atomic E-state index is 14.1. The van der Waals surface area contributed by atoms with Crippen LogP contribution in [0.5, 0.6) is 0 Å². The highest BCUT2D eigenvalue weighted by Crippen LogP contribution is 2.27. The van der Waals surface area contributed by atoms with Gasteiger partial charge < -0.3 is 10.2 Å². The first-order valence-corrected chi connectivity index (χ1v) is 15.1. The average molecular weight is 591 g/mol. The molecule has 0 unspecified atom stereocenters. The number of nitrogens with one attached hydrogen (secondary N) is 1. The summed E-state index contributed by atoms with van der Waals surface area (Å²) in [4.78, 5) is 29.1. The first kappa shape index (κ1) is 30.5. The predicted molar refractivity (Wildman–Crippen MR) is 158 cm³/mol. The van der Waals surface area contributed by atoms with Crippen LogP contribution in [0.2, 0.25) is 10.0 Å². The first-order valence-electron chi connectivity index (χ1n) is 12.5. The van der Waals surface area contributed by atoms with Crippen molar-refractivity contribution in [2.45, 2.75) is 45.8 Å². The molecule has 0 radical (unpaired) electrons. The summed E-state index contributed by atoms with van der Waals surface area (Å²) in [6.45, 7) is 5.19. The van der Waals surface area contributed by atoms with Crippen molar-refractivity contribution >= 4 is 50.7 Å². The van der Waals surface area contributed by atoms with E-state index in [0.717, 1.165) is 27.3 Å². The average Bonchev–Trinajstić information content (AvgIpc) is 2.84. The van der Waals surface area contributed by atoms with E-state index in [-0.39, 0.29) is 40.6 Å². The largest absolute Gasteiger partial charge is 0.352 e. The van der Waals surface area contributed by atoms with E-state index in [9.17, 15) is 18.0 Å². The number of benzene rings is 3. The molecule has 0 saturated heterocycles. The number of carbonyl (C=O) groups excluding carboxylic acids is 2. The quantitative estimate of drug-likeness (QED) is 0.331. The molecule has 0 heterocycles. The van der Waals surface area contributed by atoms with E-state index in [1.54, 1.807) is 0 Å². The Morgan fingerprint density at radius 2 is 1.51 bits per heavy atom. The van der Waals surface area contributed by atoms with Crippen LogP contribution in [0.25, 0.3) is 0 Å². The van der Waals surface area contributed by atoms with E-state index >= 15 is 0 Å². The van der Waals surface area contributed by atoms with Crippen LogP contribution in [0.15, 0.2) is 72.8 Å². The molecule has 3 aromatic rings. The lowest BCUT2D eigenvalue weighted by Gasteiger charge is -2.34. The molecule has 0 fully saturated rings. The highest BCUT2D eigenvalue weighted by atomic mass is 35.5. The number of amides is 2. The summed E-state index contributed by atoms with van der Waals surface area (Å²) in [5.74, 6) is -0.868. The molecule has 0 aliphatic rings. The maximum Gasteiger partial charge on any atom is 0.244 e. The standard InChI is InChI=1S/C29H33Cl2N3O4S/c1-20(2)32-29(36)27(14-22-11-6-5-7-12-22)33(18-23-13-9-8-10-21(23)3)28(35)19-34(39(4,37)38)26-16-24(30)15-25(31)17-26/h5-13,15-17,20,27H,14,18-19H2,1-4H3,(H,32,36)/t27-/m0/s1. The lowest BCUT2D eigenvalue weighted by Crippen LogP contribution is -2.54. The van der Waals surface area contributed by atoms with Crippen LogP contribution < -0.4 is 9.62 Å². The van der Waals surface area contributed by atoms with Crippen molar-refractivity contribution in [2.75, 3.05) is 17.1 Å². The normalized spacial score (nSPS) is 12.2. The monoisotopic (exact) mass is 589 g/mol. The molecule has 0 aromatic heterocycles. The van der Waals surface area contributed by atoms with Crippen molar-refractivity contribution in [2.24, 2.45) is 0 Å². The van der Waals surface area contributed by atoms with Gasteiger partial charge in [-0.3, -0.25) is 13.9 Å². The van der Waals surface area contributed by atoms with Crippen molar-refractivity contribution in [1.29, 1.82) is 0 Å². The van der Waals surface area contributed by atoms with Gasteiger partial charge in [-0.25, -0.2) is 8.42 Å². The molecule has 0 aliphatic carbocycles. The summed E-state index contributed by atoms with van der Waals surface area (Å²) in [5.41, 5.74) is 2.81. The van der Waals surface area contributed by atoms with Crippen LogP contribution in [-0.4, -0.2) is 50.0 Å². The second-order valence-corrected chi connectivity index (χ2v) is 12.5. The number of aryl methyl sites for hydroxylation is 1. The van der Waals surface area contributed by atoms with E-state index in [1.807, 2.05) is 75.4 Å². The Kier molecular flexibility index (Phi) is 10.4. The van der Waals surface area contributed by atoms with Crippen LogP contribution in [-0.2, 0) is 32.6 Å². The highest BCUT2D eigenvalue weighted by molar-refractivity contribution is 7.92. The summed E-state index contributed by atoms with van der Waals surface area (Å²) < 4.78 is 26.7. The fourth-order valence-corrected chi connectivity index (χ4v) is 5.55. The zero-order valence-corrected chi connectivity index (χ0v) is 24.7. The number of anilines is 1. The third-order valence-corrected chi connectivity index (χ3v) is 7.70. The van der Waals surface area contributed by atoms with E-state index < -0.39 is 28.5 Å². The van der Waals surface area contributed by atoms with Gasteiger partial charge in [-0.1, -0.05) is 77.8 Å². The van der Waals surface area contributed by atoms with Gasteiger partial charge in [0.1, 0.15) is 12.6 Å². The molecular weight excluding hydrogens is 557 g/mol. The van der Waals surface area contributed by atoms with Crippen molar-refractivity contribution in [1.82, 2.24) is 10.2 Å². The Labute approximate surface area is 240 Å². The van der Waals surface area contributed by atoms with Crippen molar-refractivity contribution in [3.8, 4) is 0 Å². The molecule has 3 aromatic carbocycles. The number of carbonyl (C=O) groups is 2. The second kappa shape index (κ2) is 13.3. The van der Waals surface area contributed by atoms with E-state index in [4.69, 9.17) is 23.2 Å². The molecule has 0 aliphatic heterocycles. The molecule has 0 bridgehead atoms. The molecule has 1 N–H and O–H groups in total. The number of hydrogen-bond acceptors (Lipinski definition) is 4. The fraction of sp³-hybridized carbons (Fsp3) is 0.310. The molecule has 7 nitrogen and oxygen atoms in total. The molecule has 0 saturated carbocycles. The maximum absolute atomic E-state index is 14.1. The number of rotatable bonds is 11. The van der Waals surface area contributed by atoms with Crippen LogP contribution >= 0.6 is 23.2 Å². The lowest BCUT2D eigenvalue weighted by molar-refractivity contribution is -0.140. The second-order valence-electron chi connectivity index (χ2n) is 9.71. The molecule has 2 amide bonds. The van der Waals surface area contributed by atoms with Gasteiger partial charge in [0.15, 0.2) is 0 Å². The lowest BCUT2D eigenvalue weighted by atomic mass is 10.0. The summed E-state index contributed by atoms with van der Waals surface area (Å²) in [7, 11) is -3.92. The number of nitrogens with zero attached hydrogens (tertiary/aromatic N) is 2. The van der Waals surface area contributed by atoms with Gasteiger partial charge in [0.2, 0.25) is 21.8 Å². The van der Waals surface area contributed by atoms with Crippen LogP contribution in [0.1, 0.15) is 30.5 Å². The minimum absolute atomic E-state index is 0.114. The predicted octanol–water partition coefficient (Wildman–Crippen LogP) is 5.23. The van der Waals surface area contributed by atoms with Crippen molar-refractivity contribution < 1.29 is 18.0 Å². The summed E-state index contributed by atoms with van der Waals surface area (Å²) in [6, 6.07) is 20.3. The Hall–Kier alpha value is -3.07. The van der Waals surface area contributed by atoms with Gasteiger partial charge in [-0.2, -0.15) is 0 Å². The van der Waals surface area contributed by atoms with Gasteiger partial charge in [0, 0.05) is 29.1 Å². The van der Waals surface area contributed by atoms with Crippen molar-refractivity contribution in [3.63, 3.8) is 0 Å². The zero-order chi connectivity index (χ0) is 28.7. The third-order valence-electron chi connectivity index (χ3n) is 6.12. The topological polar surface area (TPSA) is 86.8 Å². The third kappa shape index (κ3) is 8.71.